The van der Waals surface area contributed by atoms with Gasteiger partial charge < -0.3 is 10.2 Å². The molecule has 3 rings (SSSR count). The molecule has 3 aromatic rings. The van der Waals surface area contributed by atoms with Crippen LogP contribution in [-0.2, 0) is 14.8 Å². The van der Waals surface area contributed by atoms with Crippen LogP contribution in [0.5, 0.6) is 0 Å². The number of sulfonamides is 1. The van der Waals surface area contributed by atoms with Gasteiger partial charge in [-0.1, -0.05) is 23.2 Å². The zero-order valence-corrected chi connectivity index (χ0v) is 19.4. The highest BCUT2D eigenvalue weighted by Crippen LogP contribution is 2.27. The van der Waals surface area contributed by atoms with Crippen molar-refractivity contribution < 1.29 is 18.0 Å². The van der Waals surface area contributed by atoms with Crippen LogP contribution in [0.1, 0.15) is 17.3 Å². The quantitative estimate of drug-likeness (QED) is 0.505. The van der Waals surface area contributed by atoms with Gasteiger partial charge in [-0.05, 0) is 66.7 Å². The fourth-order valence-electron chi connectivity index (χ4n) is 2.74. The molecule has 10 heteroatoms. The third kappa shape index (κ3) is 5.59. The largest absolute Gasteiger partial charge is 0.322 e. The second-order valence-electron chi connectivity index (χ2n) is 6.84. The Morgan fingerprint density at radius 3 is 2.06 bits per heavy atom. The molecule has 0 saturated heterocycles. The summed E-state index contributed by atoms with van der Waals surface area (Å²) >= 11 is 11.9. The van der Waals surface area contributed by atoms with Crippen molar-refractivity contribution in [3.8, 4) is 0 Å². The molecule has 0 heterocycles. The van der Waals surface area contributed by atoms with Crippen molar-refractivity contribution in [2.24, 2.45) is 0 Å². The molecule has 32 heavy (non-hydrogen) atoms. The number of nitrogens with zero attached hydrogens (tertiary/aromatic N) is 1. The van der Waals surface area contributed by atoms with Crippen LogP contribution >= 0.6 is 23.2 Å². The molecular formula is C22H19Cl2N3O4S. The Morgan fingerprint density at radius 1 is 0.875 bits per heavy atom. The van der Waals surface area contributed by atoms with Crippen LogP contribution in [-0.4, -0.2) is 27.3 Å². The first kappa shape index (κ1) is 23.6. The van der Waals surface area contributed by atoms with Gasteiger partial charge in [-0.2, -0.15) is 0 Å². The average molecular weight is 492 g/mol. The number of benzene rings is 3. The SMILES string of the molecule is CC(=O)N(C)c1ccc(NC(=O)c2ccc(NS(=O)(=O)c3cc(Cl)ccc3Cl)cc2)cc1. The summed E-state index contributed by atoms with van der Waals surface area (Å²) in [7, 11) is -2.30. The Morgan fingerprint density at radius 2 is 1.47 bits per heavy atom. The minimum Gasteiger partial charge on any atom is -0.322 e. The first-order valence-corrected chi connectivity index (χ1v) is 11.5. The molecule has 7 nitrogen and oxygen atoms in total. The monoisotopic (exact) mass is 491 g/mol. The van der Waals surface area contributed by atoms with Crippen molar-refractivity contribution in [1.29, 1.82) is 0 Å². The van der Waals surface area contributed by atoms with Crippen molar-refractivity contribution in [2.45, 2.75) is 11.8 Å². The lowest BCUT2D eigenvalue weighted by atomic mass is 10.2. The molecule has 2 amide bonds. The summed E-state index contributed by atoms with van der Waals surface area (Å²) in [5.74, 6) is -0.472. The number of hydrogen-bond acceptors (Lipinski definition) is 4. The third-order valence-corrected chi connectivity index (χ3v) is 6.66. The van der Waals surface area contributed by atoms with Crippen molar-refractivity contribution in [2.75, 3.05) is 22.0 Å². The number of amides is 2. The second kappa shape index (κ2) is 9.60. The summed E-state index contributed by atoms with van der Waals surface area (Å²) < 4.78 is 27.6. The van der Waals surface area contributed by atoms with Crippen LogP contribution in [0.25, 0.3) is 0 Å². The highest BCUT2D eigenvalue weighted by molar-refractivity contribution is 7.92. The molecule has 3 aromatic carbocycles. The standard InChI is InChI=1S/C22H19Cl2N3O4S/c1-14(28)27(2)19-10-8-17(9-11-19)25-22(29)15-3-6-18(7-4-15)26-32(30,31)21-13-16(23)5-12-20(21)24/h3-13,26H,1-2H3,(H,25,29). The number of rotatable bonds is 6. The van der Waals surface area contributed by atoms with E-state index in [1.807, 2.05) is 0 Å². The summed E-state index contributed by atoms with van der Waals surface area (Å²) in [5.41, 5.74) is 1.84. The van der Waals surface area contributed by atoms with E-state index in [0.717, 1.165) is 0 Å². The lowest BCUT2D eigenvalue weighted by Crippen LogP contribution is -2.22. The minimum atomic E-state index is -3.96. The molecular weight excluding hydrogens is 473 g/mol. The predicted molar refractivity (Wildman–Crippen MR) is 127 cm³/mol. The predicted octanol–water partition coefficient (Wildman–Crippen LogP) is 5.03. The fourth-order valence-corrected chi connectivity index (χ4v) is 4.56. The zero-order valence-electron chi connectivity index (χ0n) is 17.1. The summed E-state index contributed by atoms with van der Waals surface area (Å²) in [5, 5.41) is 3.03. The Hall–Kier alpha value is -3.07. The van der Waals surface area contributed by atoms with Crippen molar-refractivity contribution in [1.82, 2.24) is 0 Å². The van der Waals surface area contributed by atoms with E-state index < -0.39 is 10.0 Å². The summed E-state index contributed by atoms with van der Waals surface area (Å²) in [4.78, 5) is 25.3. The van der Waals surface area contributed by atoms with E-state index in [1.54, 1.807) is 31.3 Å². The van der Waals surface area contributed by atoms with Gasteiger partial charge in [-0.25, -0.2) is 8.42 Å². The Bertz CT molecular complexity index is 1260. The van der Waals surface area contributed by atoms with E-state index in [4.69, 9.17) is 23.2 Å². The normalized spacial score (nSPS) is 11.0. The van der Waals surface area contributed by atoms with E-state index in [0.29, 0.717) is 16.9 Å². The van der Waals surface area contributed by atoms with E-state index in [-0.39, 0.29) is 32.4 Å². The van der Waals surface area contributed by atoms with E-state index in [9.17, 15) is 18.0 Å². The van der Waals surface area contributed by atoms with E-state index >= 15 is 0 Å². The topological polar surface area (TPSA) is 95.6 Å². The van der Waals surface area contributed by atoms with Crippen LogP contribution < -0.4 is 14.9 Å². The first-order valence-electron chi connectivity index (χ1n) is 9.30. The molecule has 0 atom stereocenters. The fraction of sp³-hybridized carbons (Fsp3) is 0.0909. The van der Waals surface area contributed by atoms with Gasteiger partial charge in [0.15, 0.2) is 0 Å². The van der Waals surface area contributed by atoms with Gasteiger partial charge >= 0.3 is 0 Å². The number of carbonyl (C=O) groups is 2. The summed E-state index contributed by atoms with van der Waals surface area (Å²) in [6.07, 6.45) is 0. The maximum Gasteiger partial charge on any atom is 0.263 e. The van der Waals surface area contributed by atoms with Gasteiger partial charge in [0.2, 0.25) is 5.91 Å². The van der Waals surface area contributed by atoms with Gasteiger partial charge in [-0.15, -0.1) is 0 Å². The summed E-state index contributed by atoms with van der Waals surface area (Å²) in [6.45, 7) is 1.46. The molecule has 0 spiro atoms. The zero-order chi connectivity index (χ0) is 23.5. The van der Waals surface area contributed by atoms with Gasteiger partial charge in [0.1, 0.15) is 4.90 Å². The van der Waals surface area contributed by atoms with E-state index in [1.165, 1.54) is 54.3 Å². The first-order chi connectivity index (χ1) is 15.1. The number of anilines is 3. The van der Waals surface area contributed by atoms with Crippen LogP contribution in [0.4, 0.5) is 17.1 Å². The molecule has 0 aromatic heterocycles. The lowest BCUT2D eigenvalue weighted by molar-refractivity contribution is -0.116. The lowest BCUT2D eigenvalue weighted by Gasteiger charge is -2.15. The smallest absolute Gasteiger partial charge is 0.263 e. The van der Waals surface area contributed by atoms with Crippen LogP contribution in [0, 0.1) is 0 Å². The molecule has 0 fully saturated rings. The third-order valence-electron chi connectivity index (χ3n) is 4.57. The molecule has 0 saturated carbocycles. The molecule has 2 N–H and O–H groups in total. The number of carbonyl (C=O) groups excluding carboxylic acids is 2. The highest BCUT2D eigenvalue weighted by atomic mass is 35.5. The molecule has 0 radical (unpaired) electrons. The van der Waals surface area contributed by atoms with Gasteiger partial charge in [-0.3, -0.25) is 14.3 Å². The molecule has 0 aliphatic rings. The molecule has 0 unspecified atom stereocenters. The van der Waals surface area contributed by atoms with Crippen molar-refractivity contribution in [3.63, 3.8) is 0 Å². The average Bonchev–Trinajstić information content (AvgIpc) is 2.75. The minimum absolute atomic E-state index is 0.0402. The molecule has 0 aliphatic carbocycles. The Labute approximate surface area is 196 Å². The Kier molecular flexibility index (Phi) is 7.08. The van der Waals surface area contributed by atoms with Crippen LogP contribution in [0.3, 0.4) is 0 Å². The maximum absolute atomic E-state index is 12.6. The number of hydrogen-bond donors (Lipinski definition) is 2. The molecule has 0 bridgehead atoms. The van der Waals surface area contributed by atoms with Gasteiger partial charge in [0, 0.05) is 41.6 Å². The van der Waals surface area contributed by atoms with E-state index in [2.05, 4.69) is 10.0 Å². The second-order valence-corrected chi connectivity index (χ2v) is 9.33. The van der Waals surface area contributed by atoms with Crippen LogP contribution in [0.15, 0.2) is 71.6 Å². The van der Waals surface area contributed by atoms with Gasteiger partial charge in [0.05, 0.1) is 5.02 Å². The molecule has 0 aliphatic heterocycles. The number of halogens is 2. The molecule has 166 valence electrons. The van der Waals surface area contributed by atoms with Crippen molar-refractivity contribution in [3.05, 3.63) is 82.3 Å². The van der Waals surface area contributed by atoms with Crippen LogP contribution in [0.2, 0.25) is 10.0 Å². The number of nitrogens with one attached hydrogen (secondary N) is 2. The van der Waals surface area contributed by atoms with Crippen molar-refractivity contribution >= 4 is 62.1 Å². The maximum atomic E-state index is 12.6. The Balaban J connectivity index is 1.69. The van der Waals surface area contributed by atoms with Gasteiger partial charge in [0.25, 0.3) is 15.9 Å². The highest BCUT2D eigenvalue weighted by Gasteiger charge is 2.19. The summed E-state index contributed by atoms with van der Waals surface area (Å²) in [6, 6.07) is 16.9.